The van der Waals surface area contributed by atoms with E-state index in [0.717, 1.165) is 66.3 Å². The summed E-state index contributed by atoms with van der Waals surface area (Å²) >= 11 is 0. The number of aryl methyl sites for hydroxylation is 1. The Morgan fingerprint density at radius 3 is 2.64 bits per heavy atom. The molecule has 0 spiro atoms. The Bertz CT molecular complexity index is 1670. The van der Waals surface area contributed by atoms with Crippen LogP contribution in [0.5, 0.6) is 0 Å². The van der Waals surface area contributed by atoms with Crippen LogP contribution in [0.3, 0.4) is 0 Å². The van der Waals surface area contributed by atoms with Crippen molar-refractivity contribution in [3.63, 3.8) is 0 Å². The fourth-order valence-electron chi connectivity index (χ4n) is 5.56. The van der Waals surface area contributed by atoms with E-state index in [2.05, 4.69) is 31.0 Å². The maximum atomic E-state index is 13.1. The first-order valence-electron chi connectivity index (χ1n) is 14.2. The largest absolute Gasteiger partial charge is 0.465 e. The van der Waals surface area contributed by atoms with Gasteiger partial charge in [0.25, 0.3) is 0 Å². The highest BCUT2D eigenvalue weighted by Crippen LogP contribution is 2.28. The van der Waals surface area contributed by atoms with Gasteiger partial charge in [-0.1, -0.05) is 12.1 Å². The number of hydrogen-bond acceptors (Lipinski definition) is 7. The summed E-state index contributed by atoms with van der Waals surface area (Å²) in [6.07, 6.45) is 7.51. The second-order valence-electron chi connectivity index (χ2n) is 10.6. The van der Waals surface area contributed by atoms with Gasteiger partial charge < -0.3 is 18.7 Å². The van der Waals surface area contributed by atoms with Gasteiger partial charge >= 0.3 is 5.97 Å². The Morgan fingerprint density at radius 2 is 1.88 bits per heavy atom. The quantitative estimate of drug-likeness (QED) is 0.229. The molecule has 0 atom stereocenters. The van der Waals surface area contributed by atoms with Crippen LogP contribution in [0.15, 0.2) is 67.3 Å². The number of likely N-dealkylation sites (tertiary alicyclic amines) is 1. The molecule has 1 fully saturated rings. The third-order valence-electron chi connectivity index (χ3n) is 7.94. The number of piperidine rings is 1. The van der Waals surface area contributed by atoms with Gasteiger partial charge in [-0.15, -0.1) is 9.94 Å². The monoisotopic (exact) mass is 571 g/mol. The highest BCUT2D eigenvalue weighted by Gasteiger charge is 2.25. The minimum absolute atomic E-state index is 0.264. The molecule has 0 amide bonds. The van der Waals surface area contributed by atoms with Crippen LogP contribution >= 0.6 is 0 Å². The van der Waals surface area contributed by atoms with Gasteiger partial charge in [-0.2, -0.15) is 0 Å². The number of carbonyl (C=O) groups excluding carboxylic acids is 1. The number of hydrogen-bond donors (Lipinski definition) is 0. The number of carbonyl (C=O) groups is 1. The number of benzene rings is 2. The first kappa shape index (κ1) is 27.6. The van der Waals surface area contributed by atoms with Gasteiger partial charge in [-0.05, 0) is 74.8 Å². The molecular weight excluding hydrogens is 537 g/mol. The molecule has 0 unspecified atom stereocenters. The zero-order valence-corrected chi connectivity index (χ0v) is 23.8. The van der Waals surface area contributed by atoms with Crippen molar-refractivity contribution in [2.75, 3.05) is 20.2 Å². The number of methoxy groups -OCH3 is 1. The lowest BCUT2D eigenvalue weighted by atomic mass is 9.94. The molecular formula is C31H34FN7O3. The number of esters is 1. The summed E-state index contributed by atoms with van der Waals surface area (Å²) in [6.45, 7) is 6.38. The Kier molecular flexibility index (Phi) is 8.00. The molecule has 218 valence electrons. The Hall–Kier alpha value is -4.51. The average Bonchev–Trinajstić information content (AvgIpc) is 3.76. The van der Waals surface area contributed by atoms with E-state index in [4.69, 9.17) is 14.6 Å². The predicted molar refractivity (Wildman–Crippen MR) is 154 cm³/mol. The molecule has 2 aromatic carbocycles. The van der Waals surface area contributed by atoms with Crippen molar-refractivity contribution in [2.24, 2.45) is 0 Å². The zero-order valence-electron chi connectivity index (χ0n) is 23.8. The standard InChI is InChI=1S/C31H34FN7O3/c1-3-37-21-33-17-26(37)18-38-29-16-24(31(40)41-2)6-9-28(29)34-30(38)19-36-13-10-23(11-14-36)27-12-15-39(35-27)42-20-22-4-7-25(32)8-5-22/h4-9,12,15-17,21,23H,3,10-11,13-14,18-20H2,1-2H3. The van der Waals surface area contributed by atoms with Crippen LogP contribution in [0.1, 0.15) is 58.8 Å². The zero-order chi connectivity index (χ0) is 29.1. The van der Waals surface area contributed by atoms with Gasteiger partial charge in [-0.3, -0.25) is 4.90 Å². The number of halogens is 1. The van der Waals surface area contributed by atoms with Crippen molar-refractivity contribution in [3.8, 4) is 0 Å². The van der Waals surface area contributed by atoms with E-state index >= 15 is 0 Å². The van der Waals surface area contributed by atoms with Crippen molar-refractivity contribution in [1.29, 1.82) is 0 Å². The molecule has 5 aromatic rings. The lowest BCUT2D eigenvalue weighted by molar-refractivity contribution is 0.0601. The van der Waals surface area contributed by atoms with Crippen molar-refractivity contribution in [2.45, 2.75) is 51.9 Å². The van der Waals surface area contributed by atoms with Crippen LogP contribution in [0, 0.1) is 5.82 Å². The van der Waals surface area contributed by atoms with Gasteiger partial charge in [0.1, 0.15) is 18.2 Å². The third kappa shape index (κ3) is 5.91. The minimum atomic E-state index is -0.366. The van der Waals surface area contributed by atoms with Gasteiger partial charge in [0.15, 0.2) is 0 Å². The van der Waals surface area contributed by atoms with Crippen LogP contribution in [0.25, 0.3) is 11.0 Å². The van der Waals surface area contributed by atoms with Gasteiger partial charge in [0, 0.05) is 18.7 Å². The molecule has 1 saturated heterocycles. The third-order valence-corrected chi connectivity index (χ3v) is 7.94. The second kappa shape index (κ2) is 12.2. The Morgan fingerprint density at radius 1 is 1.07 bits per heavy atom. The molecule has 11 heteroatoms. The molecule has 10 nitrogen and oxygen atoms in total. The van der Waals surface area contributed by atoms with Crippen LogP contribution in [0.4, 0.5) is 4.39 Å². The molecule has 0 radical (unpaired) electrons. The van der Waals surface area contributed by atoms with Crippen molar-refractivity contribution in [3.05, 3.63) is 101 Å². The summed E-state index contributed by atoms with van der Waals surface area (Å²) < 4.78 is 22.4. The van der Waals surface area contributed by atoms with Crippen LogP contribution < -0.4 is 4.84 Å². The van der Waals surface area contributed by atoms with Crippen molar-refractivity contribution < 1.29 is 18.8 Å². The van der Waals surface area contributed by atoms with Gasteiger partial charge in [0.2, 0.25) is 0 Å². The minimum Gasteiger partial charge on any atom is -0.465 e. The number of fused-ring (bicyclic) bond motifs is 1. The molecule has 1 aliphatic heterocycles. The SMILES string of the molecule is CCn1cncc1Cn1c(CN2CCC(c3ccn(OCc4ccc(F)cc4)n3)CC2)nc2ccc(C(=O)OC)cc21. The molecule has 0 aliphatic carbocycles. The lowest BCUT2D eigenvalue weighted by Gasteiger charge is -2.31. The molecule has 42 heavy (non-hydrogen) atoms. The van der Waals surface area contributed by atoms with E-state index in [1.165, 1.54) is 24.1 Å². The van der Waals surface area contributed by atoms with Gasteiger partial charge in [0.05, 0.1) is 60.7 Å². The highest BCUT2D eigenvalue weighted by atomic mass is 19.1. The Labute approximate surface area is 243 Å². The molecule has 4 heterocycles. The van der Waals surface area contributed by atoms with Gasteiger partial charge in [-0.25, -0.2) is 19.2 Å². The summed E-state index contributed by atoms with van der Waals surface area (Å²) in [7, 11) is 1.39. The summed E-state index contributed by atoms with van der Waals surface area (Å²) in [5.74, 6) is 0.667. The predicted octanol–water partition coefficient (Wildman–Crippen LogP) is 4.43. The maximum absolute atomic E-state index is 13.1. The number of imidazole rings is 2. The number of ether oxygens (including phenoxy) is 1. The van der Waals surface area contributed by atoms with Crippen molar-refractivity contribution >= 4 is 17.0 Å². The normalized spacial score (nSPS) is 14.5. The average molecular weight is 572 g/mol. The first-order valence-corrected chi connectivity index (χ1v) is 14.2. The Balaban J connectivity index is 1.14. The number of nitrogens with zero attached hydrogens (tertiary/aromatic N) is 7. The molecule has 1 aliphatic rings. The molecule has 0 bridgehead atoms. The van der Waals surface area contributed by atoms with E-state index in [1.807, 2.05) is 36.9 Å². The first-order chi connectivity index (χ1) is 20.5. The summed E-state index contributed by atoms with van der Waals surface area (Å²) in [6, 6.07) is 13.8. The fraction of sp³-hybridized carbons (Fsp3) is 0.355. The van der Waals surface area contributed by atoms with E-state index in [-0.39, 0.29) is 11.8 Å². The van der Waals surface area contributed by atoms with E-state index in [1.54, 1.807) is 18.2 Å². The number of rotatable bonds is 10. The maximum Gasteiger partial charge on any atom is 0.337 e. The molecule has 0 saturated carbocycles. The summed E-state index contributed by atoms with van der Waals surface area (Å²) in [5.41, 5.74) is 5.23. The van der Waals surface area contributed by atoms with Crippen molar-refractivity contribution in [1.82, 2.24) is 33.9 Å². The number of aromatic nitrogens is 6. The smallest absolute Gasteiger partial charge is 0.337 e. The lowest BCUT2D eigenvalue weighted by Crippen LogP contribution is -2.33. The topological polar surface area (TPSA) is 92.2 Å². The highest BCUT2D eigenvalue weighted by molar-refractivity contribution is 5.93. The molecule has 6 rings (SSSR count). The van der Waals surface area contributed by atoms with E-state index in [0.29, 0.717) is 31.2 Å². The van der Waals surface area contributed by atoms with Crippen LogP contribution in [-0.2, 0) is 31.0 Å². The summed E-state index contributed by atoms with van der Waals surface area (Å²) in [4.78, 5) is 31.3. The second-order valence-corrected chi connectivity index (χ2v) is 10.6. The van der Waals surface area contributed by atoms with E-state index < -0.39 is 0 Å². The summed E-state index contributed by atoms with van der Waals surface area (Å²) in [5, 5.41) is 4.65. The van der Waals surface area contributed by atoms with E-state index in [9.17, 15) is 9.18 Å². The molecule has 0 N–H and O–H groups in total. The van der Waals surface area contributed by atoms with Crippen LogP contribution in [0.2, 0.25) is 0 Å². The fourth-order valence-corrected chi connectivity index (χ4v) is 5.56. The molecule has 3 aromatic heterocycles. The van der Waals surface area contributed by atoms with Crippen LogP contribution in [-0.4, -0.2) is 60.1 Å².